The molecule has 0 amide bonds. The first-order valence-corrected chi connectivity index (χ1v) is 30.0. The van der Waals surface area contributed by atoms with Crippen LogP contribution in [0.25, 0.3) is 72.9 Å². The molecule has 0 fully saturated rings. The Balaban J connectivity index is -0.000000166. The Hall–Kier alpha value is -15.7. The molecule has 108 heavy (non-hydrogen) atoms. The summed E-state index contributed by atoms with van der Waals surface area (Å²) < 4.78 is 0. The monoisotopic (exact) mass is 1470 g/mol. The molecule has 10 rings (SSSR count). The molecule has 0 saturated carbocycles. The Morgan fingerprint density at radius 2 is 0.259 bits per heavy atom. The summed E-state index contributed by atoms with van der Waals surface area (Å²) >= 11 is 0. The van der Waals surface area contributed by atoms with Crippen LogP contribution in [-0.4, -0.2) is 133 Å². The number of hydrogen-bond acceptors (Lipinski definition) is 16. The number of carbonyl (C=O) groups is 8. The van der Waals surface area contributed by atoms with Gasteiger partial charge in [0.05, 0.1) is 0 Å². The topological polar surface area (TPSA) is 402 Å². The Morgan fingerprint density at radius 3 is 0.343 bits per heavy atom. The van der Waals surface area contributed by atoms with Crippen molar-refractivity contribution in [3.63, 3.8) is 0 Å². The van der Waals surface area contributed by atoms with E-state index in [4.69, 9.17) is 79.2 Å². The maximum absolute atomic E-state index is 8.36. The van der Waals surface area contributed by atoms with Gasteiger partial charge in [0.2, 0.25) is 0 Å². The lowest BCUT2D eigenvalue weighted by Gasteiger charge is -1.93. The fraction of sp³-hybridized carbons (Fsp3) is 0. The summed E-state index contributed by atoms with van der Waals surface area (Å²) in [6, 6.07) is 46.7. The zero-order valence-corrected chi connectivity index (χ0v) is 59.5. The molecule has 8 aromatic heterocycles. The van der Waals surface area contributed by atoms with E-state index in [0.29, 0.717) is 0 Å². The summed E-state index contributed by atoms with van der Waals surface area (Å²) in [6.07, 6.45) is 49.6. The lowest BCUT2D eigenvalue weighted by atomic mass is 10.1. The van der Waals surface area contributed by atoms with Gasteiger partial charge in [-0.25, -0.2) is 0 Å². The fourth-order valence-electron chi connectivity index (χ4n) is 5.58. The van der Waals surface area contributed by atoms with Crippen LogP contribution in [0.2, 0.25) is 0 Å². The molecule has 0 atom stereocenters. The van der Waals surface area contributed by atoms with Gasteiger partial charge in [-0.1, -0.05) is 194 Å². The predicted molar refractivity (Wildman–Crippen MR) is 437 cm³/mol. The van der Waals surface area contributed by atoms with Crippen LogP contribution in [0.5, 0.6) is 0 Å². The van der Waals surface area contributed by atoms with Gasteiger partial charge in [0, 0.05) is 99.1 Å². The third kappa shape index (κ3) is 84.5. The van der Waals surface area contributed by atoms with Crippen molar-refractivity contribution in [1.82, 2.24) is 39.9 Å². The van der Waals surface area contributed by atoms with E-state index in [9.17, 15) is 0 Å². The van der Waals surface area contributed by atoms with Gasteiger partial charge in [0.15, 0.2) is 0 Å². The van der Waals surface area contributed by atoms with Gasteiger partial charge in [0.25, 0.3) is 51.8 Å². The summed E-state index contributed by atoms with van der Waals surface area (Å²) in [5.74, 6) is 0. The van der Waals surface area contributed by atoms with E-state index in [2.05, 4.69) is 119 Å². The van der Waals surface area contributed by atoms with E-state index in [1.807, 2.05) is 170 Å². The highest BCUT2D eigenvalue weighted by Crippen LogP contribution is 2.08. The molecule has 24 heteroatoms. The molecule has 0 radical (unpaired) electrons. The lowest BCUT2D eigenvalue weighted by molar-refractivity contribution is -0.123. The first-order chi connectivity index (χ1) is 52.5. The molecule has 2 aromatic carbocycles. The van der Waals surface area contributed by atoms with Crippen molar-refractivity contribution in [3.8, 4) is 0 Å². The van der Waals surface area contributed by atoms with E-state index in [1.165, 1.54) is 0 Å². The number of carboxylic acid groups (broad SMARTS) is 8. The molecule has 0 bridgehead atoms. The van der Waals surface area contributed by atoms with E-state index in [1.54, 1.807) is 148 Å². The molecule has 0 aliphatic rings. The van der Waals surface area contributed by atoms with Crippen LogP contribution < -0.4 is 0 Å². The average molecular weight is 1470 g/mol. The number of pyridine rings is 8. The second-order valence-electron chi connectivity index (χ2n) is 16.9. The van der Waals surface area contributed by atoms with Crippen LogP contribution in [0.3, 0.4) is 0 Å². The number of rotatable bonds is 12. The van der Waals surface area contributed by atoms with Crippen molar-refractivity contribution in [2.24, 2.45) is 0 Å². The highest BCUT2D eigenvalue weighted by molar-refractivity contribution is 5.56. The molecule has 0 aliphatic heterocycles. The molecular formula is C84H92N8O16. The first kappa shape index (κ1) is 108. The largest absolute Gasteiger partial charge is 0.483 e. The van der Waals surface area contributed by atoms with Crippen molar-refractivity contribution in [2.75, 3.05) is 0 Å². The Kier molecular flexibility index (Phi) is 95.7. The zero-order chi connectivity index (χ0) is 83.0. The van der Waals surface area contributed by atoms with Gasteiger partial charge in [-0.2, -0.15) is 0 Å². The van der Waals surface area contributed by atoms with E-state index in [-0.39, 0.29) is 51.8 Å². The highest BCUT2D eigenvalue weighted by Gasteiger charge is 1.87. The molecule has 10 aromatic rings. The van der Waals surface area contributed by atoms with Crippen LogP contribution in [0.15, 0.2) is 324 Å². The third-order valence-electron chi connectivity index (χ3n) is 10.3. The minimum atomic E-state index is -0.250. The van der Waals surface area contributed by atoms with Crippen molar-refractivity contribution in [2.45, 2.75) is 0 Å². The van der Waals surface area contributed by atoms with Gasteiger partial charge in [0.1, 0.15) is 0 Å². The van der Waals surface area contributed by atoms with Crippen LogP contribution >= 0.6 is 0 Å². The summed E-state index contributed by atoms with van der Waals surface area (Å²) in [6.45, 7) is 41.5. The SMILES string of the molecule is C=Cc1ccc(C=C)cc1.C=Cc1cccc(C=C)c1.C=Cc1ccncc1.C=Cc1ccncc1.C=Cc1ccncc1.C=Cc1ccncc1.C=Cc1ccncc1.C=Cc1ccncc1.C=Cc1ccncc1.C=Cc1ccncc1.O=CO.O=CO.O=CO.O=CO.O=CO.O=CO.O=CO.O=CO. The lowest BCUT2D eigenvalue weighted by Crippen LogP contribution is -1.72. The second kappa shape index (κ2) is 95.5. The van der Waals surface area contributed by atoms with Crippen molar-refractivity contribution in [1.29, 1.82) is 0 Å². The fourth-order valence-corrected chi connectivity index (χ4v) is 5.58. The number of benzene rings is 2. The number of aromatic nitrogens is 8. The third-order valence-corrected chi connectivity index (χ3v) is 10.3. The summed E-state index contributed by atoms with van der Waals surface area (Å²) in [5.41, 5.74) is 13.4. The standard InChI is InChI=1S/2C10H10.8C7H7N.8CH2O2/c1-3-9-5-7-10(4-2)8-6-9;1-3-9-6-5-7-10(4-2)8-9;8*1-2-7-3-5-8-6-4-7;8*2-1-3/h2*3-8H,1-2H2;8*2-6H,1H2;8*1H,(H,2,3). The summed E-state index contributed by atoms with van der Waals surface area (Å²) in [5, 5.41) is 55.1. The first-order valence-electron chi connectivity index (χ1n) is 30.0. The van der Waals surface area contributed by atoms with E-state index in [0.717, 1.165) is 66.8 Å². The van der Waals surface area contributed by atoms with Crippen molar-refractivity contribution >= 4 is 125 Å². The van der Waals surface area contributed by atoms with Gasteiger partial charge < -0.3 is 40.9 Å². The van der Waals surface area contributed by atoms with Crippen LogP contribution in [-0.2, 0) is 38.4 Å². The van der Waals surface area contributed by atoms with Crippen LogP contribution in [0.4, 0.5) is 0 Å². The van der Waals surface area contributed by atoms with Gasteiger partial charge in [-0.3, -0.25) is 78.2 Å². The van der Waals surface area contributed by atoms with Crippen LogP contribution in [0, 0.1) is 0 Å². The molecule has 0 saturated heterocycles. The molecule has 0 aliphatic carbocycles. The van der Waals surface area contributed by atoms with Gasteiger partial charge in [-0.15, -0.1) is 0 Å². The summed E-state index contributed by atoms with van der Waals surface area (Å²) in [4.78, 5) is 97.7. The molecule has 8 N–H and O–H groups in total. The predicted octanol–water partition coefficient (Wildman–Crippen LogP) is 17.3. The second-order valence-corrected chi connectivity index (χ2v) is 16.9. The smallest absolute Gasteiger partial charge is 0.290 e. The number of nitrogens with zero attached hydrogens (tertiary/aromatic N) is 8. The molecule has 0 spiro atoms. The highest BCUT2D eigenvalue weighted by atomic mass is 16.4. The summed E-state index contributed by atoms with van der Waals surface area (Å²) in [7, 11) is 0. The van der Waals surface area contributed by atoms with Gasteiger partial charge in [-0.05, 0) is 170 Å². The Morgan fingerprint density at radius 1 is 0.167 bits per heavy atom. The van der Waals surface area contributed by atoms with E-state index < -0.39 is 0 Å². The maximum atomic E-state index is 8.36. The molecular weight excluding hydrogens is 1380 g/mol. The van der Waals surface area contributed by atoms with Gasteiger partial charge >= 0.3 is 0 Å². The van der Waals surface area contributed by atoms with Crippen LogP contribution in [0.1, 0.15) is 66.8 Å². The molecule has 0 unspecified atom stereocenters. The van der Waals surface area contributed by atoms with Crippen molar-refractivity contribution in [3.05, 3.63) is 390 Å². The zero-order valence-electron chi connectivity index (χ0n) is 59.5. The Bertz CT molecular complexity index is 3190. The van der Waals surface area contributed by atoms with Crippen molar-refractivity contribution < 1.29 is 79.2 Å². The number of hydrogen-bond donors (Lipinski definition) is 8. The van der Waals surface area contributed by atoms with E-state index >= 15 is 0 Å². The minimum absolute atomic E-state index is 0.250. The normalized spacial score (nSPS) is 7.56. The Labute approximate surface area is 631 Å². The quantitative estimate of drug-likeness (QED) is 0.0527. The molecule has 24 nitrogen and oxygen atoms in total. The minimum Gasteiger partial charge on any atom is -0.483 e. The molecule has 564 valence electrons. The average Bonchev–Trinajstić information content (AvgIpc) is 0.956. The molecule has 8 heterocycles. The maximum Gasteiger partial charge on any atom is 0.290 e.